The molecule has 0 spiro atoms. The second kappa shape index (κ2) is 10.0. The number of aliphatic carboxylic acids is 2. The molecule has 204 valence electrons. The van der Waals surface area contributed by atoms with Gasteiger partial charge in [-0.25, -0.2) is 0 Å². The summed E-state index contributed by atoms with van der Waals surface area (Å²) in [6.07, 6.45) is 9.62. The first kappa shape index (κ1) is 27.3. The summed E-state index contributed by atoms with van der Waals surface area (Å²) < 4.78 is 36.6. The molecule has 0 amide bonds. The summed E-state index contributed by atoms with van der Waals surface area (Å²) in [7, 11) is 0. The van der Waals surface area contributed by atoms with E-state index in [1.165, 1.54) is 50.7 Å². The van der Waals surface area contributed by atoms with Gasteiger partial charge >= 0.3 is 18.1 Å². The number of benzene rings is 1. The van der Waals surface area contributed by atoms with E-state index in [0.29, 0.717) is 0 Å². The lowest BCUT2D eigenvalue weighted by Crippen LogP contribution is -2.49. The summed E-state index contributed by atoms with van der Waals surface area (Å²) in [5, 5.41) is 18.6. The van der Waals surface area contributed by atoms with Gasteiger partial charge in [-0.05, 0) is 159 Å². The molecule has 8 bridgehead atoms. The average molecular weight is 633 g/mol. The van der Waals surface area contributed by atoms with Crippen molar-refractivity contribution in [2.24, 2.45) is 46.3 Å². The van der Waals surface area contributed by atoms with Crippen LogP contribution in [0.25, 0.3) is 0 Å². The van der Waals surface area contributed by atoms with Gasteiger partial charge in [0.25, 0.3) is 0 Å². The topological polar surface area (TPSA) is 74.6 Å². The third-order valence-corrected chi connectivity index (χ3v) is 10.9. The zero-order valence-electron chi connectivity index (χ0n) is 21.0. The van der Waals surface area contributed by atoms with E-state index < -0.39 is 23.7 Å². The highest BCUT2D eigenvalue weighted by Gasteiger charge is 2.55. The Morgan fingerprint density at radius 1 is 0.649 bits per heavy atom. The van der Waals surface area contributed by atoms with Crippen molar-refractivity contribution < 1.29 is 33.0 Å². The van der Waals surface area contributed by atoms with Crippen molar-refractivity contribution in [3.8, 4) is 0 Å². The van der Waals surface area contributed by atoms with Crippen LogP contribution in [-0.2, 0) is 15.8 Å². The van der Waals surface area contributed by atoms with Crippen LogP contribution in [0.15, 0.2) is 24.3 Å². The third-order valence-electron chi connectivity index (χ3n) is 10.2. The number of alkyl halides is 3. The van der Waals surface area contributed by atoms with Gasteiger partial charge in [0.2, 0.25) is 0 Å². The Morgan fingerprint density at radius 2 is 0.919 bits per heavy atom. The van der Waals surface area contributed by atoms with E-state index in [1.807, 2.05) is 22.6 Å². The van der Waals surface area contributed by atoms with Crippen molar-refractivity contribution in [3.05, 3.63) is 33.4 Å². The molecule has 2 N–H and O–H groups in total. The summed E-state index contributed by atoms with van der Waals surface area (Å²) >= 11 is 1.96. The van der Waals surface area contributed by atoms with Gasteiger partial charge in [0, 0.05) is 3.57 Å². The molecule has 8 saturated carbocycles. The number of rotatable bonds is 2. The maximum atomic E-state index is 11.9. The van der Waals surface area contributed by atoms with Crippen molar-refractivity contribution >= 4 is 34.5 Å². The van der Waals surface area contributed by atoms with Crippen molar-refractivity contribution in [2.75, 3.05) is 0 Å². The Kier molecular flexibility index (Phi) is 7.38. The first-order valence-corrected chi connectivity index (χ1v) is 14.7. The first-order chi connectivity index (χ1) is 17.4. The van der Waals surface area contributed by atoms with E-state index in [2.05, 4.69) is 0 Å². The van der Waals surface area contributed by atoms with Gasteiger partial charge in [0.15, 0.2) is 0 Å². The monoisotopic (exact) mass is 632 g/mol. The largest absolute Gasteiger partial charge is 0.481 e. The van der Waals surface area contributed by atoms with Crippen LogP contribution in [0.4, 0.5) is 13.2 Å². The lowest BCUT2D eigenvalue weighted by atomic mass is 9.49. The predicted molar refractivity (Wildman–Crippen MR) is 141 cm³/mol. The lowest BCUT2D eigenvalue weighted by molar-refractivity contribution is -0.165. The molecular formula is C29H36F3IO4. The highest BCUT2D eigenvalue weighted by atomic mass is 127. The molecule has 8 fully saturated rings. The number of carbonyl (C=O) groups is 2. The number of carboxylic acid groups (broad SMARTS) is 2. The molecule has 0 heterocycles. The second-order valence-corrected chi connectivity index (χ2v) is 14.3. The summed E-state index contributed by atoms with van der Waals surface area (Å²) in [6, 6.07) is 5.01. The minimum atomic E-state index is -4.22. The van der Waals surface area contributed by atoms with Gasteiger partial charge in [-0.15, -0.1) is 0 Å². The van der Waals surface area contributed by atoms with Crippen molar-refractivity contribution in [2.45, 2.75) is 83.2 Å². The Morgan fingerprint density at radius 3 is 1.14 bits per heavy atom. The van der Waals surface area contributed by atoms with Crippen LogP contribution < -0.4 is 0 Å². The predicted octanol–water partition coefficient (Wildman–Crippen LogP) is 7.88. The summed E-state index contributed by atoms with van der Waals surface area (Å²) in [5.41, 5.74) is -1.17. The number of hydrogen-bond donors (Lipinski definition) is 2. The van der Waals surface area contributed by atoms with E-state index in [0.717, 1.165) is 89.7 Å². The standard InChI is InChI=1S/2C11H16O2.C7H4F3I/c2*12-10(13)11-4-7-1-8(5-11)3-9(2-7)6-11;8-7(9,10)5-1-3-6(11)4-2-5/h2*7-9H,1-6H2,(H,12,13);1-4H. The molecule has 0 radical (unpaired) electrons. The van der Waals surface area contributed by atoms with Gasteiger partial charge in [0.1, 0.15) is 0 Å². The number of carboxylic acids is 2. The Hall–Kier alpha value is -1.32. The Balaban J connectivity index is 0.000000114. The minimum absolute atomic E-state index is 0.283. The molecule has 1 aromatic carbocycles. The summed E-state index contributed by atoms with van der Waals surface area (Å²) in [4.78, 5) is 22.5. The minimum Gasteiger partial charge on any atom is -0.481 e. The maximum absolute atomic E-state index is 11.9. The van der Waals surface area contributed by atoms with Crippen LogP contribution in [0, 0.1) is 49.9 Å². The summed E-state index contributed by atoms with van der Waals surface area (Å²) in [5.74, 6) is 3.50. The highest BCUT2D eigenvalue weighted by Crippen LogP contribution is 2.61. The van der Waals surface area contributed by atoms with Crippen LogP contribution in [0.5, 0.6) is 0 Å². The Labute approximate surface area is 229 Å². The fourth-order valence-corrected chi connectivity index (χ4v) is 9.74. The Bertz CT molecular complexity index is 894. The quantitative estimate of drug-likeness (QED) is 0.326. The molecule has 9 rings (SSSR count). The molecule has 0 aliphatic heterocycles. The van der Waals surface area contributed by atoms with E-state index in [4.69, 9.17) is 0 Å². The van der Waals surface area contributed by atoms with Gasteiger partial charge in [-0.2, -0.15) is 13.2 Å². The van der Waals surface area contributed by atoms with E-state index >= 15 is 0 Å². The zero-order chi connectivity index (χ0) is 26.6. The molecule has 0 atom stereocenters. The summed E-state index contributed by atoms with van der Waals surface area (Å²) in [6.45, 7) is 0. The van der Waals surface area contributed by atoms with Gasteiger partial charge in [0.05, 0.1) is 16.4 Å². The molecule has 8 aliphatic carbocycles. The molecule has 0 aromatic heterocycles. The van der Waals surface area contributed by atoms with Crippen molar-refractivity contribution in [1.29, 1.82) is 0 Å². The van der Waals surface area contributed by atoms with E-state index in [9.17, 15) is 33.0 Å². The van der Waals surface area contributed by atoms with Crippen LogP contribution in [0.2, 0.25) is 0 Å². The molecule has 0 unspecified atom stereocenters. The SMILES string of the molecule is FC(F)(F)c1ccc(I)cc1.O=C(O)C12CC3CC(CC(C3)C1)C2.O=C(O)C12CC3CC(CC(C3)C1)C2. The van der Waals surface area contributed by atoms with Crippen LogP contribution in [0.1, 0.15) is 82.6 Å². The van der Waals surface area contributed by atoms with E-state index in [-0.39, 0.29) is 10.8 Å². The van der Waals surface area contributed by atoms with Crippen LogP contribution in [0.3, 0.4) is 0 Å². The molecule has 8 heteroatoms. The molecule has 0 saturated heterocycles. The maximum Gasteiger partial charge on any atom is 0.416 e. The van der Waals surface area contributed by atoms with Crippen LogP contribution in [-0.4, -0.2) is 22.2 Å². The highest BCUT2D eigenvalue weighted by molar-refractivity contribution is 14.1. The molecule has 1 aromatic rings. The van der Waals surface area contributed by atoms with Crippen molar-refractivity contribution in [1.82, 2.24) is 0 Å². The van der Waals surface area contributed by atoms with Gasteiger partial charge < -0.3 is 10.2 Å². The van der Waals surface area contributed by atoms with Crippen molar-refractivity contribution in [3.63, 3.8) is 0 Å². The number of halogens is 4. The van der Waals surface area contributed by atoms with Crippen LogP contribution >= 0.6 is 22.6 Å². The first-order valence-electron chi connectivity index (χ1n) is 13.7. The molecule has 37 heavy (non-hydrogen) atoms. The fourth-order valence-electron chi connectivity index (χ4n) is 9.38. The fraction of sp³-hybridized carbons (Fsp3) is 0.724. The van der Waals surface area contributed by atoms with Gasteiger partial charge in [-0.3, -0.25) is 9.59 Å². The smallest absolute Gasteiger partial charge is 0.416 e. The lowest BCUT2D eigenvalue weighted by Gasteiger charge is -2.54. The molecular weight excluding hydrogens is 596 g/mol. The number of hydrogen-bond acceptors (Lipinski definition) is 2. The molecule has 8 aliphatic rings. The zero-order valence-corrected chi connectivity index (χ0v) is 23.1. The average Bonchev–Trinajstić information content (AvgIpc) is 2.78. The molecule has 4 nitrogen and oxygen atoms in total. The van der Waals surface area contributed by atoms with Gasteiger partial charge in [-0.1, -0.05) is 0 Å². The second-order valence-electron chi connectivity index (χ2n) is 13.0. The van der Waals surface area contributed by atoms with E-state index in [1.54, 1.807) is 0 Å². The normalized spacial score (nSPS) is 40.3. The third kappa shape index (κ3) is 5.69.